The smallest absolute Gasteiger partial charge is 0.0595 e. The van der Waals surface area contributed by atoms with Crippen molar-refractivity contribution < 1.29 is 4.74 Å². The average molecular weight is 316 g/mol. The lowest BCUT2D eigenvalue weighted by atomic mass is 9.98. The number of halogens is 2. The molecule has 0 amide bonds. The topological polar surface area (TPSA) is 21.3 Å². The summed E-state index contributed by atoms with van der Waals surface area (Å²) in [5.41, 5.74) is 1.18. The van der Waals surface area contributed by atoms with Crippen molar-refractivity contribution in [3.8, 4) is 0 Å². The first-order chi connectivity index (χ1) is 9.60. The summed E-state index contributed by atoms with van der Waals surface area (Å²) in [6, 6.07) is 6.64. The molecule has 112 valence electrons. The van der Waals surface area contributed by atoms with E-state index in [0.29, 0.717) is 22.2 Å². The van der Waals surface area contributed by atoms with Gasteiger partial charge in [0.1, 0.15) is 0 Å². The Kier molecular flexibility index (Phi) is 6.16. The zero-order chi connectivity index (χ0) is 14.5. The molecule has 0 aromatic heterocycles. The molecule has 1 saturated heterocycles. The Bertz CT molecular complexity index is 436. The molecule has 2 nitrogen and oxygen atoms in total. The van der Waals surface area contributed by atoms with Crippen LogP contribution in [0.5, 0.6) is 0 Å². The van der Waals surface area contributed by atoms with Gasteiger partial charge in [0, 0.05) is 18.7 Å². The van der Waals surface area contributed by atoms with E-state index in [4.69, 9.17) is 27.9 Å². The largest absolute Gasteiger partial charge is 0.378 e. The highest BCUT2D eigenvalue weighted by molar-refractivity contribution is 6.42. The van der Waals surface area contributed by atoms with Gasteiger partial charge in [0.2, 0.25) is 0 Å². The minimum absolute atomic E-state index is 0.273. The summed E-state index contributed by atoms with van der Waals surface area (Å²) in [7, 11) is 0. The zero-order valence-electron chi connectivity index (χ0n) is 12.2. The summed E-state index contributed by atoms with van der Waals surface area (Å²) in [5, 5.41) is 4.92. The molecular weight excluding hydrogens is 293 g/mol. The summed E-state index contributed by atoms with van der Waals surface area (Å²) >= 11 is 12.0. The molecule has 3 unspecified atom stereocenters. The molecule has 2 rings (SSSR count). The van der Waals surface area contributed by atoms with Crippen LogP contribution in [0.15, 0.2) is 18.2 Å². The van der Waals surface area contributed by atoms with Gasteiger partial charge in [-0.1, -0.05) is 42.6 Å². The highest BCUT2D eigenvalue weighted by Gasteiger charge is 2.23. The molecule has 1 aliphatic rings. The zero-order valence-corrected chi connectivity index (χ0v) is 13.7. The van der Waals surface area contributed by atoms with Crippen LogP contribution in [0.1, 0.15) is 51.1 Å². The molecule has 0 bridgehead atoms. The van der Waals surface area contributed by atoms with Gasteiger partial charge in [-0.2, -0.15) is 0 Å². The second-order valence-electron chi connectivity index (χ2n) is 5.56. The average Bonchev–Trinajstić information content (AvgIpc) is 2.42. The molecule has 1 fully saturated rings. The second kappa shape index (κ2) is 7.65. The Morgan fingerprint density at radius 1 is 1.35 bits per heavy atom. The third kappa shape index (κ3) is 4.36. The number of nitrogens with one attached hydrogen (secondary N) is 1. The van der Waals surface area contributed by atoms with Crippen molar-refractivity contribution in [2.75, 3.05) is 6.61 Å². The molecule has 3 atom stereocenters. The number of ether oxygens (including phenoxy) is 1. The maximum atomic E-state index is 6.09. The first-order valence-corrected chi connectivity index (χ1v) is 8.18. The molecule has 20 heavy (non-hydrogen) atoms. The normalized spacial score (nSPS) is 24.6. The van der Waals surface area contributed by atoms with Crippen molar-refractivity contribution in [2.45, 2.75) is 57.7 Å². The van der Waals surface area contributed by atoms with Crippen molar-refractivity contribution in [1.29, 1.82) is 0 Å². The summed E-state index contributed by atoms with van der Waals surface area (Å²) in [6.45, 7) is 5.24. The maximum Gasteiger partial charge on any atom is 0.0595 e. The fourth-order valence-corrected chi connectivity index (χ4v) is 3.09. The van der Waals surface area contributed by atoms with Gasteiger partial charge in [-0.25, -0.2) is 0 Å². The predicted octanol–water partition coefficient (Wildman–Crippen LogP) is 4.99. The van der Waals surface area contributed by atoms with Gasteiger partial charge in [-0.05, 0) is 43.9 Å². The fraction of sp³-hybridized carbons (Fsp3) is 0.625. The Balaban J connectivity index is 1.93. The molecule has 0 radical (unpaired) electrons. The number of benzene rings is 1. The molecule has 4 heteroatoms. The van der Waals surface area contributed by atoms with Crippen LogP contribution in [0.4, 0.5) is 0 Å². The van der Waals surface area contributed by atoms with E-state index in [1.807, 2.05) is 18.2 Å². The molecule has 1 aromatic carbocycles. The third-order valence-corrected chi connectivity index (χ3v) is 4.65. The van der Waals surface area contributed by atoms with E-state index in [1.54, 1.807) is 0 Å². The van der Waals surface area contributed by atoms with Crippen LogP contribution >= 0.6 is 23.2 Å². The van der Waals surface area contributed by atoms with Gasteiger partial charge < -0.3 is 10.1 Å². The first-order valence-electron chi connectivity index (χ1n) is 7.42. The van der Waals surface area contributed by atoms with Gasteiger partial charge >= 0.3 is 0 Å². The van der Waals surface area contributed by atoms with Crippen molar-refractivity contribution in [3.05, 3.63) is 33.8 Å². The van der Waals surface area contributed by atoms with Crippen LogP contribution in [0.2, 0.25) is 10.0 Å². The molecule has 1 aliphatic heterocycles. The van der Waals surface area contributed by atoms with Gasteiger partial charge in [0.15, 0.2) is 0 Å². The summed E-state index contributed by atoms with van der Waals surface area (Å²) in [4.78, 5) is 0. The van der Waals surface area contributed by atoms with Crippen molar-refractivity contribution in [2.24, 2.45) is 0 Å². The summed E-state index contributed by atoms with van der Waals surface area (Å²) < 4.78 is 5.79. The summed E-state index contributed by atoms with van der Waals surface area (Å²) in [6.07, 6.45) is 4.91. The Morgan fingerprint density at radius 2 is 2.15 bits per heavy atom. The Labute approximate surface area is 131 Å². The van der Waals surface area contributed by atoms with Crippen LogP contribution in [0, 0.1) is 0 Å². The van der Waals surface area contributed by atoms with Crippen LogP contribution in [-0.4, -0.2) is 18.8 Å². The number of rotatable bonds is 5. The van der Waals surface area contributed by atoms with Gasteiger partial charge in [-0.3, -0.25) is 0 Å². The van der Waals surface area contributed by atoms with Gasteiger partial charge in [0.05, 0.1) is 16.1 Å². The van der Waals surface area contributed by atoms with E-state index in [2.05, 4.69) is 19.2 Å². The second-order valence-corrected chi connectivity index (χ2v) is 6.38. The maximum absolute atomic E-state index is 6.09. The molecule has 0 saturated carbocycles. The van der Waals surface area contributed by atoms with Crippen molar-refractivity contribution >= 4 is 23.2 Å². The SMILES string of the molecule is CCCC1CC(NC(C)c2ccc(Cl)c(Cl)c2)CCO1. The Morgan fingerprint density at radius 3 is 2.85 bits per heavy atom. The quantitative estimate of drug-likeness (QED) is 0.826. The van der Waals surface area contributed by atoms with Crippen LogP contribution in [-0.2, 0) is 4.74 Å². The van der Waals surface area contributed by atoms with E-state index in [0.717, 1.165) is 25.9 Å². The van der Waals surface area contributed by atoms with E-state index >= 15 is 0 Å². The minimum atomic E-state index is 0.273. The predicted molar refractivity (Wildman–Crippen MR) is 85.7 cm³/mol. The van der Waals surface area contributed by atoms with Crippen molar-refractivity contribution in [3.63, 3.8) is 0 Å². The lowest BCUT2D eigenvalue weighted by molar-refractivity contribution is -0.00472. The van der Waals surface area contributed by atoms with Gasteiger partial charge in [0.25, 0.3) is 0 Å². The van der Waals surface area contributed by atoms with E-state index < -0.39 is 0 Å². The van der Waals surface area contributed by atoms with Crippen molar-refractivity contribution in [1.82, 2.24) is 5.32 Å². The lowest BCUT2D eigenvalue weighted by Crippen LogP contribution is -2.40. The monoisotopic (exact) mass is 315 g/mol. The van der Waals surface area contributed by atoms with Crippen LogP contribution in [0.25, 0.3) is 0 Å². The van der Waals surface area contributed by atoms with E-state index in [-0.39, 0.29) is 6.04 Å². The standard InChI is InChI=1S/C16H23Cl2NO/c1-3-4-14-10-13(7-8-20-14)19-11(2)12-5-6-15(17)16(18)9-12/h5-6,9,11,13-14,19H,3-4,7-8,10H2,1-2H3. The first kappa shape index (κ1) is 16.1. The van der Waals surface area contributed by atoms with E-state index in [9.17, 15) is 0 Å². The third-order valence-electron chi connectivity index (χ3n) is 3.91. The molecule has 0 aliphatic carbocycles. The van der Waals surface area contributed by atoms with E-state index in [1.165, 1.54) is 12.0 Å². The highest BCUT2D eigenvalue weighted by Crippen LogP contribution is 2.27. The molecule has 1 heterocycles. The number of hydrogen-bond acceptors (Lipinski definition) is 2. The molecule has 0 spiro atoms. The van der Waals surface area contributed by atoms with Crippen LogP contribution in [0.3, 0.4) is 0 Å². The lowest BCUT2D eigenvalue weighted by Gasteiger charge is -2.32. The Hall–Kier alpha value is -0.280. The number of hydrogen-bond donors (Lipinski definition) is 1. The minimum Gasteiger partial charge on any atom is -0.378 e. The molecule has 1 aromatic rings. The fourth-order valence-electron chi connectivity index (χ4n) is 2.79. The molecule has 1 N–H and O–H groups in total. The molecular formula is C16H23Cl2NO. The highest BCUT2D eigenvalue weighted by atomic mass is 35.5. The summed E-state index contributed by atoms with van der Waals surface area (Å²) in [5.74, 6) is 0. The van der Waals surface area contributed by atoms with Gasteiger partial charge in [-0.15, -0.1) is 0 Å². The van der Waals surface area contributed by atoms with Crippen LogP contribution < -0.4 is 5.32 Å².